The Kier molecular flexibility index (Phi) is 5.90. The normalized spacial score (nSPS) is 11.4. The first-order chi connectivity index (χ1) is 16.5. The second-order valence-corrected chi connectivity index (χ2v) is 9.74. The van der Waals surface area contributed by atoms with E-state index >= 15 is 0 Å². The number of carbonyl (C=O) groups is 1. The minimum Gasteiger partial charge on any atom is -0.422 e. The third-order valence-corrected chi connectivity index (χ3v) is 6.24. The Morgan fingerprint density at radius 2 is 1.76 bits per heavy atom. The summed E-state index contributed by atoms with van der Waals surface area (Å²) in [5.41, 5.74) is 0.552. The zero-order chi connectivity index (χ0) is 23.7. The summed E-state index contributed by atoms with van der Waals surface area (Å²) in [6, 6.07) is 20.9. The summed E-state index contributed by atoms with van der Waals surface area (Å²) in [4.78, 5) is 26.4. The molecule has 1 N–H and O–H groups in total. The molecule has 0 saturated carbocycles. The van der Waals surface area contributed by atoms with Crippen LogP contribution < -0.4 is 10.9 Å². The summed E-state index contributed by atoms with van der Waals surface area (Å²) in [7, 11) is 0. The van der Waals surface area contributed by atoms with Gasteiger partial charge >= 0.3 is 11.6 Å². The molecule has 8 heteroatoms. The molecule has 2 aromatic heterocycles. The fourth-order valence-electron chi connectivity index (χ4n) is 3.70. The summed E-state index contributed by atoms with van der Waals surface area (Å²) in [5.74, 6) is -0.315. The number of hydrogen-bond donors (Lipinski definition) is 1. The van der Waals surface area contributed by atoms with Crippen molar-refractivity contribution in [1.82, 2.24) is 10.2 Å². The predicted molar refractivity (Wildman–Crippen MR) is 132 cm³/mol. The van der Waals surface area contributed by atoms with Gasteiger partial charge in [-0.25, -0.2) is 4.79 Å². The second kappa shape index (κ2) is 9.15. The first kappa shape index (κ1) is 21.9. The number of aromatic nitrogens is 2. The van der Waals surface area contributed by atoms with E-state index in [4.69, 9.17) is 8.83 Å². The van der Waals surface area contributed by atoms with Crippen LogP contribution in [0.1, 0.15) is 35.7 Å². The molecule has 7 nitrogen and oxygen atoms in total. The van der Waals surface area contributed by atoms with Crippen LogP contribution in [0.25, 0.3) is 21.7 Å². The van der Waals surface area contributed by atoms with Crippen molar-refractivity contribution in [3.05, 3.63) is 94.2 Å². The molecule has 0 saturated heterocycles. The topological polar surface area (TPSA) is 98.2 Å². The molecule has 34 heavy (non-hydrogen) atoms. The van der Waals surface area contributed by atoms with Gasteiger partial charge in [-0.3, -0.25) is 10.1 Å². The summed E-state index contributed by atoms with van der Waals surface area (Å²) in [5, 5.41) is 13.5. The van der Waals surface area contributed by atoms with Gasteiger partial charge in [0, 0.05) is 15.5 Å². The number of benzene rings is 3. The van der Waals surface area contributed by atoms with E-state index in [0.717, 1.165) is 16.3 Å². The first-order valence-corrected chi connectivity index (χ1v) is 11.7. The van der Waals surface area contributed by atoms with Crippen molar-refractivity contribution in [2.75, 3.05) is 5.32 Å². The summed E-state index contributed by atoms with van der Waals surface area (Å²) in [6.07, 6.45) is 0.430. The number of anilines is 1. The Balaban J connectivity index is 1.34. The molecule has 2 heterocycles. The number of nitrogens with zero attached hydrogens (tertiary/aromatic N) is 2. The van der Waals surface area contributed by atoms with Gasteiger partial charge in [0.2, 0.25) is 5.89 Å². The molecule has 0 aliphatic rings. The maximum Gasteiger partial charge on any atom is 0.349 e. The van der Waals surface area contributed by atoms with Crippen LogP contribution in [0.3, 0.4) is 0 Å². The van der Waals surface area contributed by atoms with E-state index in [0.29, 0.717) is 28.5 Å². The van der Waals surface area contributed by atoms with Crippen molar-refractivity contribution in [3.8, 4) is 0 Å². The standard InChI is InChI=1S/C26H21N3O4S/c1-15(2)34-18-10-7-16(8-11-18)13-23-28-29-26(33-23)27-24(30)21-14-20-19-6-4-3-5-17(19)9-12-22(20)32-25(21)31/h3-12,14-15H,13H2,1-2H3,(H,27,29,30). The second-order valence-electron chi connectivity index (χ2n) is 8.09. The molecule has 0 spiro atoms. The Bertz CT molecular complexity index is 1550. The highest BCUT2D eigenvalue weighted by Gasteiger charge is 2.18. The van der Waals surface area contributed by atoms with E-state index < -0.39 is 11.5 Å². The Hall–Kier alpha value is -3.91. The molecule has 1 amide bonds. The number of thioether (sulfide) groups is 1. The van der Waals surface area contributed by atoms with Crippen LogP contribution >= 0.6 is 11.8 Å². The van der Waals surface area contributed by atoms with Gasteiger partial charge in [0.15, 0.2) is 0 Å². The Morgan fingerprint density at radius 1 is 0.971 bits per heavy atom. The third kappa shape index (κ3) is 4.58. The molecule has 0 fully saturated rings. The molecule has 3 aromatic carbocycles. The van der Waals surface area contributed by atoms with E-state index in [9.17, 15) is 9.59 Å². The molecule has 0 bridgehead atoms. The fraction of sp³-hybridized carbons (Fsp3) is 0.154. The molecule has 0 aliphatic carbocycles. The summed E-state index contributed by atoms with van der Waals surface area (Å²) < 4.78 is 11.0. The van der Waals surface area contributed by atoms with Gasteiger partial charge in [-0.15, -0.1) is 16.9 Å². The van der Waals surface area contributed by atoms with Crippen LogP contribution in [0.15, 0.2) is 85.3 Å². The molecule has 0 unspecified atom stereocenters. The van der Waals surface area contributed by atoms with Crippen molar-refractivity contribution in [2.45, 2.75) is 30.4 Å². The molecule has 0 aliphatic heterocycles. The average Bonchev–Trinajstić information content (AvgIpc) is 3.26. The van der Waals surface area contributed by atoms with E-state index in [2.05, 4.69) is 41.5 Å². The lowest BCUT2D eigenvalue weighted by atomic mass is 10.0. The lowest BCUT2D eigenvalue weighted by Crippen LogP contribution is -2.20. The molecule has 5 aromatic rings. The van der Waals surface area contributed by atoms with Gasteiger partial charge < -0.3 is 8.83 Å². The summed E-state index contributed by atoms with van der Waals surface area (Å²) >= 11 is 1.79. The average molecular weight is 472 g/mol. The van der Waals surface area contributed by atoms with Crippen molar-refractivity contribution < 1.29 is 13.6 Å². The minimum absolute atomic E-state index is 0.0793. The Labute approximate surface area is 199 Å². The largest absolute Gasteiger partial charge is 0.422 e. The van der Waals surface area contributed by atoms with Gasteiger partial charge in [0.1, 0.15) is 11.1 Å². The number of nitrogens with one attached hydrogen (secondary N) is 1. The van der Waals surface area contributed by atoms with E-state index in [1.165, 1.54) is 11.0 Å². The van der Waals surface area contributed by atoms with E-state index in [1.54, 1.807) is 17.8 Å². The predicted octanol–water partition coefficient (Wildman–Crippen LogP) is 5.67. The van der Waals surface area contributed by atoms with Crippen molar-refractivity contribution in [1.29, 1.82) is 0 Å². The lowest BCUT2D eigenvalue weighted by Gasteiger charge is -2.05. The van der Waals surface area contributed by atoms with Crippen LogP contribution in [0.4, 0.5) is 6.01 Å². The monoisotopic (exact) mass is 471 g/mol. The van der Waals surface area contributed by atoms with Crippen LogP contribution in [-0.2, 0) is 6.42 Å². The van der Waals surface area contributed by atoms with Crippen molar-refractivity contribution >= 4 is 45.4 Å². The van der Waals surface area contributed by atoms with Gasteiger partial charge in [0.05, 0.1) is 6.42 Å². The molecule has 0 radical (unpaired) electrons. The zero-order valence-corrected chi connectivity index (χ0v) is 19.4. The third-order valence-electron chi connectivity index (χ3n) is 5.22. The van der Waals surface area contributed by atoms with Gasteiger partial charge in [-0.1, -0.05) is 61.4 Å². The van der Waals surface area contributed by atoms with E-state index in [1.807, 2.05) is 42.5 Å². The van der Waals surface area contributed by atoms with Crippen LogP contribution in [0.5, 0.6) is 0 Å². The summed E-state index contributed by atoms with van der Waals surface area (Å²) in [6.45, 7) is 4.30. The number of rotatable bonds is 6. The van der Waals surface area contributed by atoms with Crippen molar-refractivity contribution in [2.24, 2.45) is 0 Å². The van der Waals surface area contributed by atoms with Gasteiger partial charge in [-0.05, 0) is 40.6 Å². The number of carbonyl (C=O) groups excluding carboxylic acids is 1. The molecule has 170 valence electrons. The van der Waals surface area contributed by atoms with Crippen LogP contribution in [0.2, 0.25) is 0 Å². The van der Waals surface area contributed by atoms with Gasteiger partial charge in [0.25, 0.3) is 5.91 Å². The highest BCUT2D eigenvalue weighted by atomic mass is 32.2. The number of fused-ring (bicyclic) bond motifs is 3. The van der Waals surface area contributed by atoms with Gasteiger partial charge in [-0.2, -0.15) is 0 Å². The maximum atomic E-state index is 12.8. The fourth-order valence-corrected chi connectivity index (χ4v) is 4.54. The molecule has 5 rings (SSSR count). The zero-order valence-electron chi connectivity index (χ0n) is 18.6. The number of amides is 1. The van der Waals surface area contributed by atoms with E-state index in [-0.39, 0.29) is 11.6 Å². The highest BCUT2D eigenvalue weighted by Crippen LogP contribution is 2.26. The van der Waals surface area contributed by atoms with Crippen LogP contribution in [0, 0.1) is 0 Å². The lowest BCUT2D eigenvalue weighted by molar-refractivity contribution is 0.102. The van der Waals surface area contributed by atoms with Crippen molar-refractivity contribution in [3.63, 3.8) is 0 Å². The quantitative estimate of drug-likeness (QED) is 0.193. The maximum absolute atomic E-state index is 12.8. The first-order valence-electron chi connectivity index (χ1n) is 10.8. The SMILES string of the molecule is CC(C)Sc1ccc(Cc2nnc(NC(=O)c3cc4c(ccc5ccccc54)oc3=O)o2)cc1. The molecular weight excluding hydrogens is 450 g/mol. The molecular formula is C26H21N3O4S. The van der Waals surface area contributed by atoms with Crippen LogP contribution in [-0.4, -0.2) is 21.4 Å². The Morgan fingerprint density at radius 3 is 2.56 bits per heavy atom. The smallest absolute Gasteiger partial charge is 0.349 e. The minimum atomic E-state index is -0.737. The molecule has 0 atom stereocenters. The number of hydrogen-bond acceptors (Lipinski definition) is 7. The highest BCUT2D eigenvalue weighted by molar-refractivity contribution is 7.99.